The lowest BCUT2D eigenvalue weighted by Crippen LogP contribution is -2.34. The maximum Gasteiger partial charge on any atom is 0.269 e. The summed E-state index contributed by atoms with van der Waals surface area (Å²) in [6.45, 7) is 0. The maximum absolute atomic E-state index is 12.9. The highest BCUT2D eigenvalue weighted by Crippen LogP contribution is 2.44. The number of hydrogen-bond acceptors (Lipinski definition) is 4. The highest BCUT2D eigenvalue weighted by molar-refractivity contribution is 9.12. The van der Waals surface area contributed by atoms with Crippen LogP contribution < -0.4 is 4.90 Å². The minimum absolute atomic E-state index is 0.0337. The largest absolute Gasteiger partial charge is 0.274 e. The molecule has 0 spiro atoms. The van der Waals surface area contributed by atoms with Gasteiger partial charge in [0, 0.05) is 21.8 Å². The molecular formula is C20H16Br2N2O4. The minimum Gasteiger partial charge on any atom is -0.274 e. The summed E-state index contributed by atoms with van der Waals surface area (Å²) in [4.78, 5) is 37.7. The first-order valence-electron chi connectivity index (χ1n) is 8.87. The van der Waals surface area contributed by atoms with Gasteiger partial charge in [-0.15, -0.1) is 0 Å². The number of benzene rings is 2. The molecular weight excluding hydrogens is 492 g/mol. The van der Waals surface area contributed by atoms with Crippen LogP contribution in [-0.4, -0.2) is 26.4 Å². The molecule has 1 heterocycles. The molecule has 0 unspecified atom stereocenters. The van der Waals surface area contributed by atoms with E-state index in [2.05, 4.69) is 31.9 Å². The molecule has 1 aliphatic carbocycles. The van der Waals surface area contributed by atoms with Crippen molar-refractivity contribution in [1.29, 1.82) is 0 Å². The molecule has 4 atom stereocenters. The predicted octanol–water partition coefficient (Wildman–Crippen LogP) is 4.69. The Morgan fingerprint density at radius 1 is 0.821 bits per heavy atom. The first-order chi connectivity index (χ1) is 13.4. The summed E-state index contributed by atoms with van der Waals surface area (Å²) in [5.41, 5.74) is 2.28. The molecule has 8 heteroatoms. The van der Waals surface area contributed by atoms with Gasteiger partial charge in [0.15, 0.2) is 0 Å². The lowest BCUT2D eigenvalue weighted by Gasteiger charge is -2.29. The van der Waals surface area contributed by atoms with Gasteiger partial charge in [-0.3, -0.25) is 24.6 Å². The summed E-state index contributed by atoms with van der Waals surface area (Å²) in [5, 5.41) is 10.8. The Balaban J connectivity index is 1.58. The van der Waals surface area contributed by atoms with Crippen molar-refractivity contribution < 1.29 is 14.5 Å². The first kappa shape index (κ1) is 19.3. The zero-order valence-corrected chi connectivity index (χ0v) is 17.8. The van der Waals surface area contributed by atoms with Crippen LogP contribution in [0.5, 0.6) is 0 Å². The molecule has 2 aliphatic rings. The van der Waals surface area contributed by atoms with Crippen molar-refractivity contribution in [3.05, 3.63) is 58.6 Å². The van der Waals surface area contributed by atoms with E-state index in [-0.39, 0.29) is 39.0 Å². The molecule has 4 rings (SSSR count). The monoisotopic (exact) mass is 506 g/mol. The SMILES string of the molecule is O=C1[C@@H]2C[C@@H](Br)[C@@H](Br)C[C@H]2C(=O)N1c1ccc(-c2ccc([N+](=O)[O-])cc2)cc1. The number of nitro groups is 1. The number of halogens is 2. The number of carbonyl (C=O) groups is 2. The molecule has 1 saturated heterocycles. The van der Waals surface area contributed by atoms with Crippen molar-refractivity contribution in [3.8, 4) is 11.1 Å². The van der Waals surface area contributed by atoms with E-state index in [9.17, 15) is 19.7 Å². The number of nitrogens with zero attached hydrogens (tertiary/aromatic N) is 2. The van der Waals surface area contributed by atoms with Gasteiger partial charge in [0.2, 0.25) is 11.8 Å². The van der Waals surface area contributed by atoms with E-state index in [1.165, 1.54) is 17.0 Å². The summed E-state index contributed by atoms with van der Waals surface area (Å²) in [5.74, 6) is -0.830. The lowest BCUT2D eigenvalue weighted by atomic mass is 9.81. The van der Waals surface area contributed by atoms with Gasteiger partial charge in [-0.2, -0.15) is 0 Å². The molecule has 0 bridgehead atoms. The lowest BCUT2D eigenvalue weighted by molar-refractivity contribution is -0.384. The smallest absolute Gasteiger partial charge is 0.269 e. The number of amides is 2. The van der Waals surface area contributed by atoms with Crippen LogP contribution in [-0.2, 0) is 9.59 Å². The van der Waals surface area contributed by atoms with Gasteiger partial charge in [0.25, 0.3) is 5.69 Å². The number of nitro benzene ring substituents is 1. The van der Waals surface area contributed by atoms with Crippen LogP contribution in [0.2, 0.25) is 0 Å². The quantitative estimate of drug-likeness (QED) is 0.261. The van der Waals surface area contributed by atoms with Crippen LogP contribution in [0.4, 0.5) is 11.4 Å². The Morgan fingerprint density at radius 3 is 1.68 bits per heavy atom. The molecule has 0 N–H and O–H groups in total. The van der Waals surface area contributed by atoms with Crippen molar-refractivity contribution in [2.45, 2.75) is 22.5 Å². The van der Waals surface area contributed by atoms with Gasteiger partial charge >= 0.3 is 0 Å². The highest BCUT2D eigenvalue weighted by Gasteiger charge is 2.52. The zero-order chi connectivity index (χ0) is 20.0. The third kappa shape index (κ3) is 3.28. The second-order valence-corrected chi connectivity index (χ2v) is 9.43. The number of non-ortho nitro benzene ring substituents is 1. The number of hydrogen-bond donors (Lipinski definition) is 0. The van der Waals surface area contributed by atoms with Gasteiger partial charge in [0.1, 0.15) is 0 Å². The first-order valence-corrected chi connectivity index (χ1v) is 10.7. The van der Waals surface area contributed by atoms with E-state index in [1.54, 1.807) is 24.3 Å². The van der Waals surface area contributed by atoms with Gasteiger partial charge in [-0.1, -0.05) is 44.0 Å². The maximum atomic E-state index is 12.9. The van der Waals surface area contributed by atoms with Gasteiger partial charge in [-0.25, -0.2) is 0 Å². The van der Waals surface area contributed by atoms with Crippen LogP contribution >= 0.6 is 31.9 Å². The Morgan fingerprint density at radius 2 is 1.25 bits per heavy atom. The molecule has 1 saturated carbocycles. The molecule has 144 valence electrons. The molecule has 2 aromatic rings. The molecule has 2 amide bonds. The molecule has 2 fully saturated rings. The summed E-state index contributed by atoms with van der Waals surface area (Å²) >= 11 is 7.18. The van der Waals surface area contributed by atoms with E-state index in [0.29, 0.717) is 18.5 Å². The zero-order valence-electron chi connectivity index (χ0n) is 14.6. The molecule has 2 aromatic carbocycles. The number of rotatable bonds is 3. The van der Waals surface area contributed by atoms with Gasteiger partial charge in [0.05, 0.1) is 22.4 Å². The van der Waals surface area contributed by atoms with Crippen LogP contribution in [0.15, 0.2) is 48.5 Å². The summed E-state index contributed by atoms with van der Waals surface area (Å²) in [6, 6.07) is 13.4. The van der Waals surface area contributed by atoms with Crippen LogP contribution in [0.3, 0.4) is 0 Å². The van der Waals surface area contributed by atoms with Crippen molar-refractivity contribution in [3.63, 3.8) is 0 Å². The number of fused-ring (bicyclic) bond motifs is 1. The fraction of sp³-hybridized carbons (Fsp3) is 0.300. The molecule has 0 radical (unpaired) electrons. The second kappa shape index (κ2) is 7.40. The van der Waals surface area contributed by atoms with E-state index in [4.69, 9.17) is 0 Å². The second-order valence-electron chi connectivity index (χ2n) is 7.08. The van der Waals surface area contributed by atoms with Crippen molar-refractivity contribution >= 4 is 55.0 Å². The fourth-order valence-electron chi connectivity index (χ4n) is 3.93. The van der Waals surface area contributed by atoms with Crippen molar-refractivity contribution in [2.24, 2.45) is 11.8 Å². The Bertz CT molecular complexity index is 918. The number of carbonyl (C=O) groups excluding carboxylic acids is 2. The van der Waals surface area contributed by atoms with E-state index >= 15 is 0 Å². The van der Waals surface area contributed by atoms with E-state index < -0.39 is 4.92 Å². The minimum atomic E-state index is -0.439. The van der Waals surface area contributed by atoms with Crippen molar-refractivity contribution in [1.82, 2.24) is 0 Å². The van der Waals surface area contributed by atoms with Gasteiger partial charge < -0.3 is 0 Å². The number of anilines is 1. The molecule has 0 aromatic heterocycles. The van der Waals surface area contributed by atoms with Crippen LogP contribution in [0.25, 0.3) is 11.1 Å². The topological polar surface area (TPSA) is 80.5 Å². The standard InChI is InChI=1S/C20H16Br2N2O4/c21-17-9-15-16(10-18(17)22)20(26)23(19(15)25)13-5-1-11(2-6-13)12-3-7-14(8-4-12)24(27)28/h1-8,15-18H,9-10H2/t15-,16-,17-,18+/m1/s1. The predicted molar refractivity (Wildman–Crippen MR) is 113 cm³/mol. The summed E-state index contributed by atoms with van der Waals surface area (Å²) in [6.07, 6.45) is 1.28. The Labute approximate surface area is 178 Å². The highest BCUT2D eigenvalue weighted by atomic mass is 79.9. The average Bonchev–Trinajstić information content (AvgIpc) is 2.92. The van der Waals surface area contributed by atoms with Crippen LogP contribution in [0, 0.1) is 22.0 Å². The normalized spacial score (nSPS) is 27.0. The van der Waals surface area contributed by atoms with E-state index in [1.807, 2.05) is 12.1 Å². The summed E-state index contributed by atoms with van der Waals surface area (Å²) < 4.78 is 0. The molecule has 6 nitrogen and oxygen atoms in total. The Hall–Kier alpha value is -2.06. The molecule has 1 aliphatic heterocycles. The average molecular weight is 508 g/mol. The van der Waals surface area contributed by atoms with E-state index in [0.717, 1.165) is 11.1 Å². The number of alkyl halides is 2. The fourth-order valence-corrected chi connectivity index (χ4v) is 5.17. The third-order valence-corrected chi connectivity index (χ3v) is 8.18. The number of imide groups is 1. The Kier molecular flexibility index (Phi) is 5.09. The molecule has 28 heavy (non-hydrogen) atoms. The van der Waals surface area contributed by atoms with Crippen LogP contribution in [0.1, 0.15) is 12.8 Å². The van der Waals surface area contributed by atoms with Gasteiger partial charge in [-0.05, 0) is 48.2 Å². The summed E-state index contributed by atoms with van der Waals surface area (Å²) in [7, 11) is 0. The third-order valence-electron chi connectivity index (χ3n) is 5.45. The van der Waals surface area contributed by atoms with Crippen molar-refractivity contribution in [2.75, 3.05) is 4.90 Å².